The van der Waals surface area contributed by atoms with E-state index < -0.39 is 0 Å². The highest BCUT2D eigenvalue weighted by atomic mass is 16.2. The number of anilines is 1. The molecular weight excluding hydrogens is 252 g/mol. The number of carbonyl (C=O) groups excluding carboxylic acids is 2. The summed E-state index contributed by atoms with van der Waals surface area (Å²) in [5, 5.41) is 0. The molecule has 0 atom stereocenters. The van der Waals surface area contributed by atoms with Crippen molar-refractivity contribution in [3.63, 3.8) is 0 Å². The topological polar surface area (TPSA) is 40.6 Å². The van der Waals surface area contributed by atoms with Gasteiger partial charge in [0.15, 0.2) is 5.78 Å². The van der Waals surface area contributed by atoms with Crippen LogP contribution in [0.3, 0.4) is 0 Å². The lowest BCUT2D eigenvalue weighted by atomic mass is 10.1. The first kappa shape index (κ1) is 16.0. The molecule has 0 spiro atoms. The van der Waals surface area contributed by atoms with E-state index in [1.54, 1.807) is 34.2 Å². The SMILES string of the molecule is CCC(=O)N(CC)c1cccc(C(=O)/C=C/N(C)C)c1. The van der Waals surface area contributed by atoms with E-state index in [0.29, 0.717) is 18.5 Å². The van der Waals surface area contributed by atoms with Gasteiger partial charge in [0.1, 0.15) is 0 Å². The molecule has 0 aliphatic carbocycles. The smallest absolute Gasteiger partial charge is 0.226 e. The Morgan fingerprint density at radius 1 is 1.20 bits per heavy atom. The van der Waals surface area contributed by atoms with E-state index in [2.05, 4.69) is 0 Å². The van der Waals surface area contributed by atoms with Crippen LogP contribution in [-0.2, 0) is 4.79 Å². The van der Waals surface area contributed by atoms with Gasteiger partial charge in [-0.1, -0.05) is 19.1 Å². The lowest BCUT2D eigenvalue weighted by Gasteiger charge is -2.20. The molecule has 0 heterocycles. The Bertz CT molecular complexity index is 507. The van der Waals surface area contributed by atoms with Crippen molar-refractivity contribution in [2.45, 2.75) is 20.3 Å². The van der Waals surface area contributed by atoms with Crippen LogP contribution in [0.15, 0.2) is 36.5 Å². The summed E-state index contributed by atoms with van der Waals surface area (Å²) in [7, 11) is 3.72. The Hall–Kier alpha value is -2.10. The van der Waals surface area contributed by atoms with Gasteiger partial charge in [-0.05, 0) is 19.1 Å². The number of carbonyl (C=O) groups is 2. The Labute approximate surface area is 120 Å². The number of benzene rings is 1. The summed E-state index contributed by atoms with van der Waals surface area (Å²) in [5.41, 5.74) is 1.35. The number of hydrogen-bond donors (Lipinski definition) is 0. The van der Waals surface area contributed by atoms with E-state index in [1.165, 1.54) is 6.08 Å². The van der Waals surface area contributed by atoms with Gasteiger partial charge >= 0.3 is 0 Å². The van der Waals surface area contributed by atoms with Crippen molar-refractivity contribution in [2.75, 3.05) is 25.5 Å². The number of hydrogen-bond acceptors (Lipinski definition) is 3. The third-order valence-electron chi connectivity index (χ3n) is 2.89. The van der Waals surface area contributed by atoms with Crippen LogP contribution in [0.4, 0.5) is 5.69 Å². The third-order valence-corrected chi connectivity index (χ3v) is 2.89. The van der Waals surface area contributed by atoms with Crippen LogP contribution >= 0.6 is 0 Å². The fourth-order valence-electron chi connectivity index (χ4n) is 1.83. The van der Waals surface area contributed by atoms with Gasteiger partial charge < -0.3 is 9.80 Å². The molecule has 20 heavy (non-hydrogen) atoms. The van der Waals surface area contributed by atoms with E-state index in [4.69, 9.17) is 0 Å². The first-order valence-electron chi connectivity index (χ1n) is 6.79. The quantitative estimate of drug-likeness (QED) is 0.591. The maximum Gasteiger partial charge on any atom is 0.226 e. The van der Waals surface area contributed by atoms with Crippen molar-refractivity contribution in [2.24, 2.45) is 0 Å². The minimum absolute atomic E-state index is 0.0564. The van der Waals surface area contributed by atoms with Crippen molar-refractivity contribution < 1.29 is 9.59 Å². The Balaban J connectivity index is 3.00. The molecule has 4 nitrogen and oxygen atoms in total. The molecule has 0 aromatic heterocycles. The summed E-state index contributed by atoms with van der Waals surface area (Å²) < 4.78 is 0. The molecule has 0 saturated carbocycles. The number of rotatable bonds is 6. The van der Waals surface area contributed by atoms with E-state index in [1.807, 2.05) is 34.0 Å². The molecule has 0 saturated heterocycles. The fourth-order valence-corrected chi connectivity index (χ4v) is 1.83. The summed E-state index contributed by atoms with van der Waals surface area (Å²) in [6.07, 6.45) is 3.69. The molecule has 0 aliphatic heterocycles. The fraction of sp³-hybridized carbons (Fsp3) is 0.375. The second kappa shape index (κ2) is 7.48. The van der Waals surface area contributed by atoms with E-state index >= 15 is 0 Å². The molecular formula is C16H22N2O2. The Morgan fingerprint density at radius 2 is 1.90 bits per heavy atom. The minimum atomic E-state index is -0.0689. The van der Waals surface area contributed by atoms with Crippen molar-refractivity contribution in [3.05, 3.63) is 42.1 Å². The number of nitrogens with zero attached hydrogens (tertiary/aromatic N) is 2. The van der Waals surface area contributed by atoms with Gasteiger partial charge in [0.2, 0.25) is 5.91 Å². The molecule has 1 amide bonds. The minimum Gasteiger partial charge on any atom is -0.383 e. The Kier molecular flexibility index (Phi) is 5.97. The highest BCUT2D eigenvalue weighted by molar-refractivity contribution is 6.05. The average Bonchev–Trinajstić information content (AvgIpc) is 2.45. The lowest BCUT2D eigenvalue weighted by molar-refractivity contribution is -0.118. The van der Waals surface area contributed by atoms with Crippen LogP contribution in [-0.4, -0.2) is 37.2 Å². The zero-order valence-corrected chi connectivity index (χ0v) is 12.6. The molecule has 0 bridgehead atoms. The van der Waals surface area contributed by atoms with Gasteiger partial charge in [0, 0.05) is 50.6 Å². The highest BCUT2D eigenvalue weighted by Crippen LogP contribution is 2.17. The Morgan fingerprint density at radius 3 is 2.45 bits per heavy atom. The van der Waals surface area contributed by atoms with Crippen LogP contribution in [0.2, 0.25) is 0 Å². The summed E-state index contributed by atoms with van der Waals surface area (Å²) >= 11 is 0. The van der Waals surface area contributed by atoms with Crippen LogP contribution in [0.5, 0.6) is 0 Å². The molecule has 0 fully saturated rings. The molecule has 1 aromatic rings. The zero-order chi connectivity index (χ0) is 15.1. The molecule has 4 heteroatoms. The summed E-state index contributed by atoms with van der Waals surface area (Å²) in [6.45, 7) is 4.35. The first-order valence-corrected chi connectivity index (χ1v) is 6.79. The maximum absolute atomic E-state index is 12.0. The normalized spacial score (nSPS) is 10.6. The van der Waals surface area contributed by atoms with Crippen molar-refractivity contribution in [1.29, 1.82) is 0 Å². The van der Waals surface area contributed by atoms with Crippen molar-refractivity contribution in [1.82, 2.24) is 4.90 Å². The zero-order valence-electron chi connectivity index (χ0n) is 12.6. The maximum atomic E-state index is 12.0. The van der Waals surface area contributed by atoms with Crippen molar-refractivity contribution >= 4 is 17.4 Å². The van der Waals surface area contributed by atoms with Crippen LogP contribution in [0.1, 0.15) is 30.6 Å². The van der Waals surface area contributed by atoms with Gasteiger partial charge in [-0.25, -0.2) is 0 Å². The largest absolute Gasteiger partial charge is 0.383 e. The summed E-state index contributed by atoms with van der Waals surface area (Å²) in [5.74, 6) is -0.0125. The van der Waals surface area contributed by atoms with E-state index in [-0.39, 0.29) is 11.7 Å². The van der Waals surface area contributed by atoms with Gasteiger partial charge in [-0.2, -0.15) is 0 Å². The van der Waals surface area contributed by atoms with Gasteiger partial charge in [-0.15, -0.1) is 0 Å². The highest BCUT2D eigenvalue weighted by Gasteiger charge is 2.13. The van der Waals surface area contributed by atoms with Crippen LogP contribution < -0.4 is 4.90 Å². The molecule has 108 valence electrons. The molecule has 1 aromatic carbocycles. The molecule has 0 N–H and O–H groups in total. The van der Waals surface area contributed by atoms with Gasteiger partial charge in [0.25, 0.3) is 0 Å². The predicted octanol–water partition coefficient (Wildman–Crippen LogP) is 2.71. The van der Waals surface area contributed by atoms with Crippen molar-refractivity contribution in [3.8, 4) is 0 Å². The van der Waals surface area contributed by atoms with Gasteiger partial charge in [0.05, 0.1) is 0 Å². The van der Waals surface area contributed by atoms with Gasteiger partial charge in [-0.3, -0.25) is 9.59 Å². The van der Waals surface area contributed by atoms with Crippen LogP contribution in [0.25, 0.3) is 0 Å². The average molecular weight is 274 g/mol. The number of ketones is 1. The third kappa shape index (κ3) is 4.23. The van der Waals surface area contributed by atoms with Crippen LogP contribution in [0, 0.1) is 0 Å². The lowest BCUT2D eigenvalue weighted by Crippen LogP contribution is -2.29. The standard InChI is InChI=1S/C16H22N2O2/c1-5-16(20)18(6-2)14-9-7-8-13(12-14)15(19)10-11-17(3)4/h7-12H,5-6H2,1-4H3/b11-10+. The van der Waals surface area contributed by atoms with E-state index in [0.717, 1.165) is 5.69 Å². The number of amides is 1. The predicted molar refractivity (Wildman–Crippen MR) is 81.9 cm³/mol. The monoisotopic (exact) mass is 274 g/mol. The molecule has 1 rings (SSSR count). The summed E-state index contributed by atoms with van der Waals surface area (Å²) in [6, 6.07) is 7.18. The summed E-state index contributed by atoms with van der Waals surface area (Å²) in [4.78, 5) is 27.4. The second-order valence-electron chi connectivity index (χ2n) is 4.69. The van der Waals surface area contributed by atoms with E-state index in [9.17, 15) is 9.59 Å². The number of allylic oxidation sites excluding steroid dienone is 1. The molecule has 0 radical (unpaired) electrons. The molecule has 0 unspecified atom stereocenters. The molecule has 0 aliphatic rings. The first-order chi connectivity index (χ1) is 9.49. The second-order valence-corrected chi connectivity index (χ2v) is 4.69.